The van der Waals surface area contributed by atoms with Gasteiger partial charge in [0.15, 0.2) is 0 Å². The van der Waals surface area contributed by atoms with Crippen molar-refractivity contribution in [1.82, 2.24) is 0 Å². The number of rotatable bonds is 2. The zero-order valence-corrected chi connectivity index (χ0v) is 11.3. The Morgan fingerprint density at radius 3 is 2.33 bits per heavy atom. The SMILES string of the molecule is NC(c1cc2cc(Cl)ccc2o1)c1c(F)cc(F)cc1F. The van der Waals surface area contributed by atoms with Gasteiger partial charge in [-0.15, -0.1) is 0 Å². The first-order chi connectivity index (χ1) is 9.95. The molecule has 1 heterocycles. The molecular formula is C15H9ClF3NO. The topological polar surface area (TPSA) is 39.2 Å². The summed E-state index contributed by atoms with van der Waals surface area (Å²) in [5, 5.41) is 1.17. The van der Waals surface area contributed by atoms with Gasteiger partial charge in [-0.2, -0.15) is 0 Å². The minimum absolute atomic E-state index is 0.164. The number of benzene rings is 2. The lowest BCUT2D eigenvalue weighted by atomic mass is 10.0. The van der Waals surface area contributed by atoms with Gasteiger partial charge < -0.3 is 10.2 Å². The van der Waals surface area contributed by atoms with Crippen molar-refractivity contribution in [2.45, 2.75) is 6.04 Å². The molecule has 1 atom stereocenters. The van der Waals surface area contributed by atoms with E-state index in [-0.39, 0.29) is 5.76 Å². The predicted molar refractivity (Wildman–Crippen MR) is 73.6 cm³/mol. The first kappa shape index (κ1) is 14.0. The molecule has 2 N–H and O–H groups in total. The van der Waals surface area contributed by atoms with E-state index in [1.54, 1.807) is 24.3 Å². The van der Waals surface area contributed by atoms with Gasteiger partial charge in [0.05, 0.1) is 6.04 Å². The Kier molecular flexibility index (Phi) is 3.39. The van der Waals surface area contributed by atoms with Crippen LogP contribution >= 0.6 is 11.6 Å². The lowest BCUT2D eigenvalue weighted by Crippen LogP contribution is -2.15. The Labute approximate surface area is 122 Å². The number of hydrogen-bond acceptors (Lipinski definition) is 2. The van der Waals surface area contributed by atoms with Crippen LogP contribution in [0.15, 0.2) is 40.8 Å². The van der Waals surface area contributed by atoms with E-state index in [1.807, 2.05) is 0 Å². The van der Waals surface area contributed by atoms with Crippen molar-refractivity contribution in [3.63, 3.8) is 0 Å². The number of furan rings is 1. The van der Waals surface area contributed by atoms with Gasteiger partial charge in [0.1, 0.15) is 28.8 Å². The maximum atomic E-state index is 13.7. The minimum atomic E-state index is -1.18. The van der Waals surface area contributed by atoms with Crippen LogP contribution in [0.1, 0.15) is 17.4 Å². The van der Waals surface area contributed by atoms with Crippen molar-refractivity contribution in [3.05, 3.63) is 70.2 Å². The molecule has 3 aromatic rings. The van der Waals surface area contributed by atoms with Gasteiger partial charge in [-0.25, -0.2) is 13.2 Å². The highest BCUT2D eigenvalue weighted by Gasteiger charge is 2.22. The van der Waals surface area contributed by atoms with Crippen molar-refractivity contribution in [2.24, 2.45) is 5.73 Å². The van der Waals surface area contributed by atoms with Gasteiger partial charge in [0.25, 0.3) is 0 Å². The highest BCUT2D eigenvalue weighted by Crippen LogP contribution is 2.31. The second kappa shape index (κ2) is 5.09. The summed E-state index contributed by atoms with van der Waals surface area (Å²) in [6.45, 7) is 0. The summed E-state index contributed by atoms with van der Waals surface area (Å²) in [5.74, 6) is -2.95. The van der Waals surface area contributed by atoms with Crippen LogP contribution in [-0.4, -0.2) is 0 Å². The fraction of sp³-hybridized carbons (Fsp3) is 0.0667. The van der Waals surface area contributed by atoms with Gasteiger partial charge in [-0.05, 0) is 24.3 Å². The monoisotopic (exact) mass is 311 g/mol. The molecule has 1 unspecified atom stereocenters. The number of nitrogens with two attached hydrogens (primary N) is 1. The number of halogens is 4. The summed E-state index contributed by atoms with van der Waals surface area (Å²) < 4.78 is 45.9. The van der Waals surface area contributed by atoms with Crippen LogP contribution in [0.5, 0.6) is 0 Å². The molecule has 0 radical (unpaired) electrons. The van der Waals surface area contributed by atoms with E-state index in [1.165, 1.54) is 0 Å². The summed E-state index contributed by atoms with van der Waals surface area (Å²) >= 11 is 5.86. The van der Waals surface area contributed by atoms with Gasteiger partial charge in [-0.1, -0.05) is 11.6 Å². The fourth-order valence-corrected chi connectivity index (χ4v) is 2.36. The maximum absolute atomic E-state index is 13.7. The number of fused-ring (bicyclic) bond motifs is 1. The van der Waals surface area contributed by atoms with E-state index >= 15 is 0 Å². The highest BCUT2D eigenvalue weighted by atomic mass is 35.5. The Morgan fingerprint density at radius 2 is 1.67 bits per heavy atom. The van der Waals surface area contributed by atoms with E-state index < -0.39 is 29.1 Å². The van der Waals surface area contributed by atoms with E-state index in [0.29, 0.717) is 28.1 Å². The third-order valence-electron chi connectivity index (χ3n) is 3.16. The lowest BCUT2D eigenvalue weighted by Gasteiger charge is -2.11. The quantitative estimate of drug-likeness (QED) is 0.754. The van der Waals surface area contributed by atoms with Crippen molar-refractivity contribution in [3.8, 4) is 0 Å². The fourth-order valence-electron chi connectivity index (χ4n) is 2.18. The second-order valence-corrected chi connectivity index (χ2v) is 5.03. The van der Waals surface area contributed by atoms with E-state index in [0.717, 1.165) is 0 Å². The van der Waals surface area contributed by atoms with Crippen molar-refractivity contribution >= 4 is 22.6 Å². The smallest absolute Gasteiger partial charge is 0.134 e. The summed E-state index contributed by atoms with van der Waals surface area (Å²) in [5.41, 5.74) is 5.89. The molecule has 0 amide bonds. The average molecular weight is 312 g/mol. The molecule has 1 aromatic heterocycles. The molecule has 0 spiro atoms. The molecule has 21 heavy (non-hydrogen) atoms. The second-order valence-electron chi connectivity index (χ2n) is 4.59. The largest absolute Gasteiger partial charge is 0.459 e. The highest BCUT2D eigenvalue weighted by molar-refractivity contribution is 6.31. The standard InChI is InChI=1S/C15H9ClF3NO/c16-8-1-2-12-7(3-8)4-13(21-12)15(20)14-10(18)5-9(17)6-11(14)19/h1-6,15H,20H2. The Balaban J connectivity index is 2.10. The summed E-state index contributed by atoms with van der Waals surface area (Å²) in [4.78, 5) is 0. The van der Waals surface area contributed by atoms with Crippen molar-refractivity contribution in [2.75, 3.05) is 0 Å². The molecule has 0 aliphatic carbocycles. The molecule has 3 rings (SSSR count). The molecule has 0 bridgehead atoms. The van der Waals surface area contributed by atoms with Crippen LogP contribution in [0.2, 0.25) is 5.02 Å². The zero-order chi connectivity index (χ0) is 15.1. The third kappa shape index (κ3) is 2.50. The van der Waals surface area contributed by atoms with Gasteiger partial charge >= 0.3 is 0 Å². The average Bonchev–Trinajstić information content (AvgIpc) is 2.80. The van der Waals surface area contributed by atoms with Gasteiger partial charge in [0.2, 0.25) is 0 Å². The molecule has 0 aliphatic heterocycles. The van der Waals surface area contributed by atoms with Crippen LogP contribution in [0, 0.1) is 17.5 Å². The summed E-state index contributed by atoms with van der Waals surface area (Å²) in [6, 6.07) is 6.43. The Hall–Kier alpha value is -1.98. The molecule has 2 nitrogen and oxygen atoms in total. The Bertz CT molecular complexity index is 808. The predicted octanol–water partition coefficient (Wildman–Crippen LogP) is 4.55. The normalized spacial score (nSPS) is 12.8. The van der Waals surface area contributed by atoms with Gasteiger partial charge in [0, 0.05) is 28.1 Å². The van der Waals surface area contributed by atoms with Crippen LogP contribution in [-0.2, 0) is 0 Å². The molecule has 2 aromatic carbocycles. The molecule has 0 fully saturated rings. The third-order valence-corrected chi connectivity index (χ3v) is 3.39. The van der Waals surface area contributed by atoms with Crippen molar-refractivity contribution in [1.29, 1.82) is 0 Å². The minimum Gasteiger partial charge on any atom is -0.459 e. The van der Waals surface area contributed by atoms with Crippen molar-refractivity contribution < 1.29 is 17.6 Å². The van der Waals surface area contributed by atoms with E-state index in [9.17, 15) is 13.2 Å². The van der Waals surface area contributed by atoms with E-state index in [2.05, 4.69) is 0 Å². The van der Waals surface area contributed by atoms with Crippen LogP contribution in [0.25, 0.3) is 11.0 Å². The Morgan fingerprint density at radius 1 is 1.00 bits per heavy atom. The number of hydrogen-bond donors (Lipinski definition) is 1. The summed E-state index contributed by atoms with van der Waals surface area (Å²) in [7, 11) is 0. The zero-order valence-electron chi connectivity index (χ0n) is 10.5. The molecule has 0 saturated heterocycles. The molecular weight excluding hydrogens is 303 g/mol. The molecule has 108 valence electrons. The first-order valence-electron chi connectivity index (χ1n) is 6.04. The van der Waals surface area contributed by atoms with Gasteiger partial charge in [-0.3, -0.25) is 0 Å². The van der Waals surface area contributed by atoms with Crippen LogP contribution < -0.4 is 5.73 Å². The van der Waals surface area contributed by atoms with E-state index in [4.69, 9.17) is 21.8 Å². The maximum Gasteiger partial charge on any atom is 0.134 e. The van der Waals surface area contributed by atoms with Crippen LogP contribution in [0.4, 0.5) is 13.2 Å². The molecule has 0 saturated carbocycles. The molecule has 6 heteroatoms. The van der Waals surface area contributed by atoms with Crippen LogP contribution in [0.3, 0.4) is 0 Å². The first-order valence-corrected chi connectivity index (χ1v) is 6.42. The summed E-state index contributed by atoms with van der Waals surface area (Å²) in [6.07, 6.45) is 0. The lowest BCUT2D eigenvalue weighted by molar-refractivity contribution is 0.477. The molecule has 0 aliphatic rings.